The average Bonchev–Trinajstić information content (AvgIpc) is 1.95. The van der Waals surface area contributed by atoms with E-state index in [0.29, 0.717) is 10.6 Å². The number of hydrogen-bond donors (Lipinski definition) is 0. The van der Waals surface area contributed by atoms with Crippen molar-refractivity contribution in [1.29, 1.82) is 0 Å². The van der Waals surface area contributed by atoms with Crippen LogP contribution in [-0.2, 0) is 23.3 Å². The van der Waals surface area contributed by atoms with E-state index in [2.05, 4.69) is 0 Å². The van der Waals surface area contributed by atoms with E-state index in [9.17, 15) is 8.78 Å². The summed E-state index contributed by atoms with van der Waals surface area (Å²) in [5, 5.41) is 0.656. The molecule has 0 saturated carbocycles. The second-order valence-corrected chi connectivity index (χ2v) is 3.01. The van der Waals surface area contributed by atoms with Crippen LogP contribution < -0.4 is 0 Å². The van der Waals surface area contributed by atoms with E-state index in [1.165, 1.54) is 6.07 Å². The van der Waals surface area contributed by atoms with Crippen molar-refractivity contribution in [3.63, 3.8) is 0 Å². The van der Waals surface area contributed by atoms with Crippen molar-refractivity contribution < 1.29 is 27.1 Å². The summed E-state index contributed by atoms with van der Waals surface area (Å²) < 4.78 is 25.1. The topological polar surface area (TPSA) is 0 Å². The molecule has 0 heterocycles. The van der Waals surface area contributed by atoms with Crippen LogP contribution in [0.25, 0.3) is 0 Å². The third kappa shape index (κ3) is 2.50. The molecule has 57 valence electrons. The first kappa shape index (κ1) is 11.0. The first-order chi connectivity index (χ1) is 4.75. The Hall–Kier alpha value is -0.00662. The normalized spacial score (nSPS) is 9.09. The molecular formula is C7H6ClF2Zn. The molecule has 11 heavy (non-hydrogen) atoms. The minimum atomic E-state index is -0.744. The van der Waals surface area contributed by atoms with Gasteiger partial charge in [-0.1, -0.05) is 0 Å². The third-order valence-corrected chi connectivity index (χ3v) is 2.43. The van der Waals surface area contributed by atoms with Crippen LogP contribution in [0.4, 0.5) is 8.78 Å². The zero-order chi connectivity index (χ0) is 7.56. The fraction of sp³-hybridized carbons (Fsp3) is 0.143. The van der Waals surface area contributed by atoms with E-state index >= 15 is 0 Å². The summed E-state index contributed by atoms with van der Waals surface area (Å²) in [5.41, 5.74) is 0.486. The van der Waals surface area contributed by atoms with Gasteiger partial charge >= 0.3 is 67.5 Å². The van der Waals surface area contributed by atoms with Crippen LogP contribution in [0.5, 0.6) is 0 Å². The molecule has 0 aliphatic heterocycles. The van der Waals surface area contributed by atoms with Crippen molar-refractivity contribution in [2.75, 3.05) is 0 Å². The van der Waals surface area contributed by atoms with Gasteiger partial charge in [0.15, 0.2) is 0 Å². The van der Waals surface area contributed by atoms with Gasteiger partial charge in [-0.15, -0.1) is 12.4 Å². The Labute approximate surface area is 80.1 Å². The van der Waals surface area contributed by atoms with Crippen molar-refractivity contribution in [3.05, 3.63) is 35.4 Å². The Kier molecular flexibility index (Phi) is 4.78. The third-order valence-electron chi connectivity index (χ3n) is 1.30. The van der Waals surface area contributed by atoms with Crippen molar-refractivity contribution in [2.45, 2.75) is 5.02 Å². The Balaban J connectivity index is 0.000001000. The molecular weight excluding hydrogens is 223 g/mol. The SMILES string of the molecule is Cl.Fc1cccc([CH2][Zn])c1F. The second kappa shape index (κ2) is 4.79. The summed E-state index contributed by atoms with van der Waals surface area (Å²) in [6, 6.07) is 4.28. The summed E-state index contributed by atoms with van der Waals surface area (Å²) in [4.78, 5) is 0. The molecule has 1 aromatic rings. The van der Waals surface area contributed by atoms with E-state index in [1.54, 1.807) is 6.07 Å². The maximum absolute atomic E-state index is 12.6. The Morgan fingerprint density at radius 1 is 1.27 bits per heavy atom. The van der Waals surface area contributed by atoms with Crippen molar-refractivity contribution >= 4 is 12.4 Å². The van der Waals surface area contributed by atoms with Gasteiger partial charge in [0.25, 0.3) is 0 Å². The van der Waals surface area contributed by atoms with Gasteiger partial charge in [0, 0.05) is 0 Å². The number of hydrogen-bond acceptors (Lipinski definition) is 0. The van der Waals surface area contributed by atoms with Gasteiger partial charge in [0.1, 0.15) is 0 Å². The predicted molar refractivity (Wildman–Crippen MR) is 37.3 cm³/mol. The monoisotopic (exact) mass is 227 g/mol. The molecule has 1 rings (SSSR count). The molecule has 0 fully saturated rings. The Bertz CT molecular complexity index is 240. The first-order valence-electron chi connectivity index (χ1n) is 2.98. The molecule has 0 bridgehead atoms. The molecule has 0 aliphatic carbocycles. The van der Waals surface area contributed by atoms with E-state index in [4.69, 9.17) is 0 Å². The number of benzene rings is 1. The van der Waals surface area contributed by atoms with E-state index in [-0.39, 0.29) is 12.4 Å². The first-order valence-corrected chi connectivity index (χ1v) is 5.07. The zero-order valence-electron chi connectivity index (χ0n) is 5.81. The molecule has 0 radical (unpaired) electrons. The number of rotatable bonds is 1. The molecule has 0 unspecified atom stereocenters. The van der Waals surface area contributed by atoms with Gasteiger partial charge in [-0.05, 0) is 0 Å². The quantitative estimate of drug-likeness (QED) is 0.648. The van der Waals surface area contributed by atoms with Gasteiger partial charge < -0.3 is 0 Å². The Morgan fingerprint density at radius 2 is 1.91 bits per heavy atom. The van der Waals surface area contributed by atoms with Crippen LogP contribution in [0.3, 0.4) is 0 Å². The van der Waals surface area contributed by atoms with E-state index in [1.807, 2.05) is 0 Å². The summed E-state index contributed by atoms with van der Waals surface area (Å²) in [5.74, 6) is -1.43. The predicted octanol–water partition coefficient (Wildman–Crippen LogP) is 2.43. The fourth-order valence-corrected chi connectivity index (χ4v) is 1.55. The number of halogens is 3. The van der Waals surface area contributed by atoms with Crippen molar-refractivity contribution in [1.82, 2.24) is 0 Å². The molecule has 0 atom stereocenters. The van der Waals surface area contributed by atoms with E-state index in [0.717, 1.165) is 24.4 Å². The molecule has 1 aromatic carbocycles. The van der Waals surface area contributed by atoms with E-state index < -0.39 is 11.6 Å². The second-order valence-electron chi connectivity index (χ2n) is 1.96. The molecule has 0 spiro atoms. The molecule has 4 heteroatoms. The van der Waals surface area contributed by atoms with Crippen LogP contribution in [-0.4, -0.2) is 0 Å². The zero-order valence-corrected chi connectivity index (χ0v) is 9.59. The van der Waals surface area contributed by atoms with Crippen LogP contribution in [0.1, 0.15) is 5.56 Å². The van der Waals surface area contributed by atoms with Crippen LogP contribution in [0.15, 0.2) is 18.2 Å². The van der Waals surface area contributed by atoms with Crippen LogP contribution in [0.2, 0.25) is 0 Å². The molecule has 0 aliphatic rings. The van der Waals surface area contributed by atoms with Gasteiger partial charge in [0.05, 0.1) is 0 Å². The van der Waals surface area contributed by atoms with Crippen LogP contribution in [0, 0.1) is 11.6 Å². The van der Waals surface area contributed by atoms with Crippen molar-refractivity contribution in [3.8, 4) is 0 Å². The average molecular weight is 229 g/mol. The van der Waals surface area contributed by atoms with Gasteiger partial charge in [-0.3, -0.25) is 0 Å². The van der Waals surface area contributed by atoms with Gasteiger partial charge in [-0.25, -0.2) is 0 Å². The molecule has 0 N–H and O–H groups in total. The summed E-state index contributed by atoms with van der Waals surface area (Å²) in [6.45, 7) is 0. The molecule has 0 saturated heterocycles. The fourth-order valence-electron chi connectivity index (χ4n) is 0.742. The molecule has 0 amide bonds. The van der Waals surface area contributed by atoms with Gasteiger partial charge in [-0.2, -0.15) is 0 Å². The minimum absolute atomic E-state index is 0. The Morgan fingerprint density at radius 3 is 2.36 bits per heavy atom. The maximum atomic E-state index is 12.6. The van der Waals surface area contributed by atoms with Crippen molar-refractivity contribution in [2.24, 2.45) is 0 Å². The molecule has 0 aromatic heterocycles. The van der Waals surface area contributed by atoms with Gasteiger partial charge in [0.2, 0.25) is 0 Å². The summed E-state index contributed by atoms with van der Waals surface area (Å²) in [6.07, 6.45) is 0. The standard InChI is InChI=1S/C7H5F2.ClH.Zn/c1-5-3-2-4-6(8)7(5)9;;/h2-4H,1H2;1H;. The van der Waals surface area contributed by atoms with Crippen LogP contribution >= 0.6 is 12.4 Å². The summed E-state index contributed by atoms with van der Waals surface area (Å²) in [7, 11) is 0. The molecule has 0 nitrogen and oxygen atoms in total. The summed E-state index contributed by atoms with van der Waals surface area (Å²) >= 11 is 0.959.